The SMILES string of the molecule is CCCCCC(C)(CCCC)c1cc2ncccc2[nH]1. The number of unbranched alkanes of at least 4 members (excludes halogenated alkanes) is 3. The standard InChI is InChI=1S/C18H28N2/c1-4-6-8-12-18(3,11-7-5-2)17-14-16-15(20-17)10-9-13-19-16/h9-10,13-14,20H,4-8,11-12H2,1-3H3. The molecule has 0 saturated carbocycles. The molecule has 0 aliphatic heterocycles. The maximum absolute atomic E-state index is 4.46. The quantitative estimate of drug-likeness (QED) is 0.623. The first-order valence-electron chi connectivity index (χ1n) is 8.14. The van der Waals surface area contributed by atoms with Crippen molar-refractivity contribution in [2.75, 3.05) is 0 Å². The molecule has 0 fully saturated rings. The number of rotatable bonds is 8. The van der Waals surface area contributed by atoms with Crippen LogP contribution < -0.4 is 0 Å². The van der Waals surface area contributed by atoms with Gasteiger partial charge in [-0.05, 0) is 31.0 Å². The summed E-state index contributed by atoms with van der Waals surface area (Å²) < 4.78 is 0. The molecule has 2 nitrogen and oxygen atoms in total. The summed E-state index contributed by atoms with van der Waals surface area (Å²) in [5.74, 6) is 0. The van der Waals surface area contributed by atoms with E-state index < -0.39 is 0 Å². The van der Waals surface area contributed by atoms with Crippen molar-refractivity contribution in [1.29, 1.82) is 0 Å². The van der Waals surface area contributed by atoms with Crippen molar-refractivity contribution < 1.29 is 0 Å². The van der Waals surface area contributed by atoms with Gasteiger partial charge in [0.2, 0.25) is 0 Å². The Morgan fingerprint density at radius 3 is 2.55 bits per heavy atom. The van der Waals surface area contributed by atoms with Gasteiger partial charge in [0.25, 0.3) is 0 Å². The van der Waals surface area contributed by atoms with Crippen LogP contribution in [0.25, 0.3) is 11.0 Å². The smallest absolute Gasteiger partial charge is 0.0881 e. The summed E-state index contributed by atoms with van der Waals surface area (Å²) in [5.41, 5.74) is 3.91. The van der Waals surface area contributed by atoms with Crippen LogP contribution in [0, 0.1) is 0 Å². The second-order valence-electron chi connectivity index (χ2n) is 6.24. The fourth-order valence-corrected chi connectivity index (χ4v) is 3.01. The Labute approximate surface area is 123 Å². The number of fused-ring (bicyclic) bond motifs is 1. The Balaban J connectivity index is 2.23. The molecule has 110 valence electrons. The highest BCUT2D eigenvalue weighted by Crippen LogP contribution is 2.35. The van der Waals surface area contributed by atoms with Crippen molar-refractivity contribution in [2.24, 2.45) is 0 Å². The molecule has 2 rings (SSSR count). The molecule has 0 aromatic carbocycles. The van der Waals surface area contributed by atoms with Crippen molar-refractivity contribution in [3.8, 4) is 0 Å². The average molecular weight is 272 g/mol. The first-order chi connectivity index (χ1) is 9.69. The first kappa shape index (κ1) is 15.1. The van der Waals surface area contributed by atoms with E-state index >= 15 is 0 Å². The maximum atomic E-state index is 4.46. The lowest BCUT2D eigenvalue weighted by molar-refractivity contribution is 0.363. The van der Waals surface area contributed by atoms with Gasteiger partial charge in [-0.15, -0.1) is 0 Å². The van der Waals surface area contributed by atoms with Crippen LogP contribution >= 0.6 is 0 Å². The number of H-pyrrole nitrogens is 1. The maximum Gasteiger partial charge on any atom is 0.0881 e. The zero-order valence-electron chi connectivity index (χ0n) is 13.2. The number of aromatic amines is 1. The molecule has 2 aromatic heterocycles. The number of aromatic nitrogens is 2. The molecule has 2 heteroatoms. The molecule has 20 heavy (non-hydrogen) atoms. The van der Waals surface area contributed by atoms with Crippen LogP contribution in [0.5, 0.6) is 0 Å². The van der Waals surface area contributed by atoms with Crippen molar-refractivity contribution in [1.82, 2.24) is 9.97 Å². The summed E-state index contributed by atoms with van der Waals surface area (Å²) in [6.07, 6.45) is 10.9. The Morgan fingerprint density at radius 2 is 1.85 bits per heavy atom. The molecule has 0 saturated heterocycles. The predicted octanol–water partition coefficient (Wildman–Crippen LogP) is 5.59. The molecule has 0 amide bonds. The Bertz CT molecular complexity index is 496. The fraction of sp³-hybridized carbons (Fsp3) is 0.611. The number of pyridine rings is 1. The van der Waals surface area contributed by atoms with Crippen molar-refractivity contribution in [2.45, 2.75) is 71.1 Å². The third-order valence-corrected chi connectivity index (χ3v) is 4.45. The highest BCUT2D eigenvalue weighted by molar-refractivity contribution is 5.76. The minimum absolute atomic E-state index is 0.270. The molecule has 0 aliphatic carbocycles. The molecule has 1 unspecified atom stereocenters. The monoisotopic (exact) mass is 272 g/mol. The average Bonchev–Trinajstić information content (AvgIpc) is 2.90. The Kier molecular flexibility index (Phi) is 5.22. The number of nitrogens with zero attached hydrogens (tertiary/aromatic N) is 1. The van der Waals surface area contributed by atoms with Gasteiger partial charge in [0, 0.05) is 17.3 Å². The molecular formula is C18H28N2. The van der Waals surface area contributed by atoms with Crippen LogP contribution in [0.1, 0.15) is 71.4 Å². The molecule has 2 heterocycles. The lowest BCUT2D eigenvalue weighted by atomic mass is 9.77. The molecule has 2 aromatic rings. The van der Waals surface area contributed by atoms with Gasteiger partial charge in [-0.1, -0.05) is 52.9 Å². The summed E-state index contributed by atoms with van der Waals surface area (Å²) >= 11 is 0. The van der Waals surface area contributed by atoms with Gasteiger partial charge >= 0.3 is 0 Å². The van der Waals surface area contributed by atoms with Gasteiger partial charge in [-0.25, -0.2) is 0 Å². The molecule has 0 spiro atoms. The molecule has 0 bridgehead atoms. The molecular weight excluding hydrogens is 244 g/mol. The summed E-state index contributed by atoms with van der Waals surface area (Å²) in [4.78, 5) is 8.07. The van der Waals surface area contributed by atoms with Crippen LogP contribution in [0.3, 0.4) is 0 Å². The van der Waals surface area contributed by atoms with Gasteiger partial charge < -0.3 is 4.98 Å². The Morgan fingerprint density at radius 1 is 1.10 bits per heavy atom. The van der Waals surface area contributed by atoms with Gasteiger partial charge in [0.05, 0.1) is 11.0 Å². The van der Waals surface area contributed by atoms with Gasteiger partial charge in [0.15, 0.2) is 0 Å². The second-order valence-corrected chi connectivity index (χ2v) is 6.24. The predicted molar refractivity (Wildman–Crippen MR) is 87.1 cm³/mol. The highest BCUT2D eigenvalue weighted by Gasteiger charge is 2.27. The summed E-state index contributed by atoms with van der Waals surface area (Å²) in [5, 5.41) is 0. The number of hydrogen-bond donors (Lipinski definition) is 1. The minimum Gasteiger partial charge on any atom is -0.357 e. The Hall–Kier alpha value is -1.31. The molecule has 0 radical (unpaired) electrons. The van der Waals surface area contributed by atoms with Gasteiger partial charge in [-0.2, -0.15) is 0 Å². The molecule has 1 N–H and O–H groups in total. The number of hydrogen-bond acceptors (Lipinski definition) is 1. The van der Waals surface area contributed by atoms with E-state index in [1.807, 2.05) is 12.3 Å². The topological polar surface area (TPSA) is 28.7 Å². The van der Waals surface area contributed by atoms with Gasteiger partial charge in [0.1, 0.15) is 0 Å². The zero-order valence-corrected chi connectivity index (χ0v) is 13.2. The minimum atomic E-state index is 0.270. The van der Waals surface area contributed by atoms with Crippen molar-refractivity contribution >= 4 is 11.0 Å². The third-order valence-electron chi connectivity index (χ3n) is 4.45. The van der Waals surface area contributed by atoms with E-state index in [0.717, 1.165) is 5.52 Å². The molecule has 0 aliphatic rings. The van der Waals surface area contributed by atoms with Crippen LogP contribution in [0.2, 0.25) is 0 Å². The van der Waals surface area contributed by atoms with Crippen LogP contribution in [0.15, 0.2) is 24.4 Å². The normalized spacial score (nSPS) is 14.6. The van der Waals surface area contributed by atoms with E-state index in [4.69, 9.17) is 0 Å². The van der Waals surface area contributed by atoms with Crippen LogP contribution in [0.4, 0.5) is 0 Å². The largest absolute Gasteiger partial charge is 0.357 e. The summed E-state index contributed by atoms with van der Waals surface area (Å²) in [6.45, 7) is 6.97. The van der Waals surface area contributed by atoms with E-state index in [1.165, 1.54) is 56.2 Å². The lowest BCUT2D eigenvalue weighted by Gasteiger charge is -2.29. The lowest BCUT2D eigenvalue weighted by Crippen LogP contribution is -2.22. The van der Waals surface area contributed by atoms with Crippen molar-refractivity contribution in [3.05, 3.63) is 30.1 Å². The third kappa shape index (κ3) is 3.41. The van der Waals surface area contributed by atoms with E-state index in [0.29, 0.717) is 0 Å². The van der Waals surface area contributed by atoms with E-state index in [2.05, 4.69) is 42.9 Å². The van der Waals surface area contributed by atoms with E-state index in [1.54, 1.807) is 0 Å². The van der Waals surface area contributed by atoms with Gasteiger partial charge in [-0.3, -0.25) is 4.98 Å². The fourth-order valence-electron chi connectivity index (χ4n) is 3.01. The highest BCUT2D eigenvalue weighted by atomic mass is 14.8. The second kappa shape index (κ2) is 6.92. The summed E-state index contributed by atoms with van der Waals surface area (Å²) in [7, 11) is 0. The van der Waals surface area contributed by atoms with E-state index in [9.17, 15) is 0 Å². The first-order valence-corrected chi connectivity index (χ1v) is 8.14. The number of nitrogens with one attached hydrogen (secondary N) is 1. The molecule has 1 atom stereocenters. The summed E-state index contributed by atoms with van der Waals surface area (Å²) in [6, 6.07) is 6.39. The van der Waals surface area contributed by atoms with Crippen molar-refractivity contribution in [3.63, 3.8) is 0 Å². The van der Waals surface area contributed by atoms with Crippen LogP contribution in [-0.4, -0.2) is 9.97 Å². The van der Waals surface area contributed by atoms with E-state index in [-0.39, 0.29) is 5.41 Å². The van der Waals surface area contributed by atoms with Crippen LogP contribution in [-0.2, 0) is 5.41 Å². The zero-order chi connectivity index (χ0) is 14.4.